The Morgan fingerprint density at radius 2 is 2.08 bits per heavy atom. The van der Waals surface area contributed by atoms with Gasteiger partial charge in [-0.15, -0.1) is 0 Å². The molecule has 26 heavy (non-hydrogen) atoms. The number of nitrogens with one attached hydrogen (secondary N) is 1. The van der Waals surface area contributed by atoms with Crippen molar-refractivity contribution >= 4 is 5.82 Å². The minimum Gasteiger partial charge on any atom is -0.376 e. The van der Waals surface area contributed by atoms with Crippen LogP contribution in [-0.2, 0) is 17.8 Å². The van der Waals surface area contributed by atoms with E-state index in [-0.39, 0.29) is 17.6 Å². The van der Waals surface area contributed by atoms with Crippen LogP contribution in [0.15, 0.2) is 23.3 Å². The Morgan fingerprint density at radius 3 is 2.81 bits per heavy atom. The Balaban J connectivity index is 1.40. The van der Waals surface area contributed by atoms with Crippen molar-refractivity contribution in [3.63, 3.8) is 0 Å². The number of nitriles is 1. The fraction of sp³-hybridized carbons (Fsp3) is 0.500. The monoisotopic (exact) mass is 352 g/mol. The molecule has 8 nitrogen and oxygen atoms in total. The van der Waals surface area contributed by atoms with Gasteiger partial charge in [-0.2, -0.15) is 10.4 Å². The van der Waals surface area contributed by atoms with Crippen LogP contribution in [-0.4, -0.2) is 32.4 Å². The van der Waals surface area contributed by atoms with Crippen LogP contribution < -0.4 is 10.9 Å². The second kappa shape index (κ2) is 7.22. The van der Waals surface area contributed by atoms with E-state index >= 15 is 0 Å². The lowest BCUT2D eigenvalue weighted by atomic mass is 9.91. The molecule has 0 amide bonds. The van der Waals surface area contributed by atoms with E-state index in [2.05, 4.69) is 20.4 Å². The summed E-state index contributed by atoms with van der Waals surface area (Å²) in [6.07, 6.45) is 7.47. The first-order valence-corrected chi connectivity index (χ1v) is 8.91. The number of fused-ring (bicyclic) bond motifs is 1. The van der Waals surface area contributed by atoms with Crippen LogP contribution in [0.5, 0.6) is 0 Å². The second-order valence-corrected chi connectivity index (χ2v) is 6.75. The lowest BCUT2D eigenvalue weighted by molar-refractivity contribution is 0.107. The molecule has 0 unspecified atom stereocenters. The number of hydrogen-bond donors (Lipinski definition) is 1. The summed E-state index contributed by atoms with van der Waals surface area (Å²) in [5.74, 6) is 0.677. The predicted octanol–water partition coefficient (Wildman–Crippen LogP) is 1.57. The topological polar surface area (TPSA) is 106 Å². The van der Waals surface area contributed by atoms with E-state index < -0.39 is 0 Å². The van der Waals surface area contributed by atoms with Gasteiger partial charge < -0.3 is 10.1 Å². The zero-order valence-corrected chi connectivity index (χ0v) is 14.4. The molecule has 0 radical (unpaired) electrons. The molecule has 0 saturated heterocycles. The van der Waals surface area contributed by atoms with Crippen LogP contribution in [0.1, 0.15) is 48.7 Å². The van der Waals surface area contributed by atoms with E-state index in [0.29, 0.717) is 24.7 Å². The molecule has 0 bridgehead atoms. The van der Waals surface area contributed by atoms with Crippen molar-refractivity contribution in [2.45, 2.75) is 50.8 Å². The molecule has 1 saturated carbocycles. The van der Waals surface area contributed by atoms with E-state index in [1.54, 1.807) is 16.9 Å². The summed E-state index contributed by atoms with van der Waals surface area (Å²) in [6, 6.07) is 4.07. The van der Waals surface area contributed by atoms with Crippen molar-refractivity contribution in [3.05, 3.63) is 45.8 Å². The quantitative estimate of drug-likeness (QED) is 0.894. The van der Waals surface area contributed by atoms with Gasteiger partial charge in [0.05, 0.1) is 37.3 Å². The van der Waals surface area contributed by atoms with Crippen LogP contribution in [0.3, 0.4) is 0 Å². The molecular formula is C18H20N6O2. The summed E-state index contributed by atoms with van der Waals surface area (Å²) in [4.78, 5) is 20.6. The standard InChI is InChI=1S/C18H20N6O2/c19-8-14-9-21-17(10-20-14)22-13-1-3-15(4-2-13)24-18(25)7-12-11-26-6-5-16(12)23-24/h7,9-10,13,15H,1-6,11H2,(H,21,22). The van der Waals surface area contributed by atoms with Gasteiger partial charge in [-0.3, -0.25) is 4.79 Å². The fourth-order valence-corrected chi connectivity index (χ4v) is 3.62. The highest BCUT2D eigenvalue weighted by Gasteiger charge is 2.25. The first kappa shape index (κ1) is 16.7. The van der Waals surface area contributed by atoms with Gasteiger partial charge in [-0.1, -0.05) is 0 Å². The Labute approximate surface area is 150 Å². The number of aromatic nitrogens is 4. The second-order valence-electron chi connectivity index (χ2n) is 6.75. The van der Waals surface area contributed by atoms with Gasteiger partial charge in [-0.25, -0.2) is 14.6 Å². The van der Waals surface area contributed by atoms with Crippen molar-refractivity contribution in [3.8, 4) is 6.07 Å². The Hall–Kier alpha value is -2.79. The van der Waals surface area contributed by atoms with Crippen LogP contribution in [0.4, 0.5) is 5.82 Å². The summed E-state index contributed by atoms with van der Waals surface area (Å²) in [5.41, 5.74) is 2.18. The Bertz CT molecular complexity index is 878. The number of anilines is 1. The molecule has 134 valence electrons. The van der Waals surface area contributed by atoms with Crippen molar-refractivity contribution in [2.75, 3.05) is 11.9 Å². The molecule has 1 fully saturated rings. The van der Waals surface area contributed by atoms with Gasteiger partial charge in [0, 0.05) is 24.1 Å². The number of nitrogens with zero attached hydrogens (tertiary/aromatic N) is 5. The molecule has 0 spiro atoms. The summed E-state index contributed by atoms with van der Waals surface area (Å²) in [6.45, 7) is 1.15. The van der Waals surface area contributed by atoms with E-state index in [4.69, 9.17) is 10.00 Å². The molecule has 1 N–H and O–H groups in total. The molecule has 8 heteroatoms. The van der Waals surface area contributed by atoms with E-state index in [1.165, 1.54) is 6.20 Å². The predicted molar refractivity (Wildman–Crippen MR) is 93.5 cm³/mol. The maximum absolute atomic E-state index is 12.4. The molecular weight excluding hydrogens is 332 g/mol. The number of hydrogen-bond acceptors (Lipinski definition) is 7. The van der Waals surface area contributed by atoms with E-state index in [0.717, 1.165) is 43.4 Å². The molecule has 2 aromatic heterocycles. The maximum atomic E-state index is 12.4. The number of rotatable bonds is 3. The van der Waals surface area contributed by atoms with Gasteiger partial charge in [0.2, 0.25) is 0 Å². The van der Waals surface area contributed by atoms with Gasteiger partial charge in [0.25, 0.3) is 5.56 Å². The highest BCUT2D eigenvalue weighted by atomic mass is 16.5. The van der Waals surface area contributed by atoms with Gasteiger partial charge in [0.15, 0.2) is 5.69 Å². The van der Waals surface area contributed by atoms with Crippen molar-refractivity contribution < 1.29 is 4.74 Å². The zero-order chi connectivity index (χ0) is 17.9. The normalized spacial score (nSPS) is 22.3. The highest BCUT2D eigenvalue weighted by Crippen LogP contribution is 2.29. The Morgan fingerprint density at radius 1 is 1.23 bits per heavy atom. The minimum atomic E-state index is -0.0383. The summed E-state index contributed by atoms with van der Waals surface area (Å²) < 4.78 is 7.06. The summed E-state index contributed by atoms with van der Waals surface area (Å²) in [7, 11) is 0. The van der Waals surface area contributed by atoms with Crippen LogP contribution in [0.2, 0.25) is 0 Å². The summed E-state index contributed by atoms with van der Waals surface area (Å²) >= 11 is 0. The van der Waals surface area contributed by atoms with E-state index in [1.807, 2.05) is 6.07 Å². The molecule has 2 aromatic rings. The first-order chi connectivity index (χ1) is 12.7. The molecule has 4 rings (SSSR count). The van der Waals surface area contributed by atoms with Crippen molar-refractivity contribution in [1.29, 1.82) is 5.26 Å². The molecule has 2 aliphatic rings. The smallest absolute Gasteiger partial charge is 0.267 e. The molecule has 0 atom stereocenters. The van der Waals surface area contributed by atoms with Gasteiger partial charge in [-0.05, 0) is 25.7 Å². The SMILES string of the molecule is N#Cc1cnc(NC2CCC(n3nc4c(cc3=O)COCC4)CC2)cn1. The zero-order valence-electron chi connectivity index (χ0n) is 14.4. The maximum Gasteiger partial charge on any atom is 0.267 e. The lowest BCUT2D eigenvalue weighted by Crippen LogP contribution is -2.35. The largest absolute Gasteiger partial charge is 0.376 e. The average Bonchev–Trinajstić information content (AvgIpc) is 2.69. The van der Waals surface area contributed by atoms with Crippen molar-refractivity contribution in [2.24, 2.45) is 0 Å². The third kappa shape index (κ3) is 3.44. The van der Waals surface area contributed by atoms with Gasteiger partial charge >= 0.3 is 0 Å². The molecule has 1 aliphatic carbocycles. The minimum absolute atomic E-state index is 0.0383. The summed E-state index contributed by atoms with van der Waals surface area (Å²) in [5, 5.41) is 16.7. The molecule has 0 aromatic carbocycles. The van der Waals surface area contributed by atoms with Crippen LogP contribution in [0, 0.1) is 11.3 Å². The third-order valence-corrected chi connectivity index (χ3v) is 5.02. The number of ether oxygens (including phenoxy) is 1. The van der Waals surface area contributed by atoms with Crippen LogP contribution in [0.25, 0.3) is 0 Å². The molecule has 3 heterocycles. The average molecular weight is 352 g/mol. The van der Waals surface area contributed by atoms with Crippen LogP contribution >= 0.6 is 0 Å². The highest BCUT2D eigenvalue weighted by molar-refractivity contribution is 5.34. The van der Waals surface area contributed by atoms with Crippen molar-refractivity contribution in [1.82, 2.24) is 19.7 Å². The fourth-order valence-electron chi connectivity index (χ4n) is 3.62. The first-order valence-electron chi connectivity index (χ1n) is 8.91. The van der Waals surface area contributed by atoms with E-state index in [9.17, 15) is 4.79 Å². The van der Waals surface area contributed by atoms with Gasteiger partial charge in [0.1, 0.15) is 11.9 Å². The Kier molecular flexibility index (Phi) is 4.63. The molecule has 1 aliphatic heterocycles. The third-order valence-electron chi connectivity index (χ3n) is 5.02. The lowest BCUT2D eigenvalue weighted by Gasteiger charge is -2.30.